The molecule has 31 heavy (non-hydrogen) atoms. The number of anilines is 1. The van der Waals surface area contributed by atoms with Crippen LogP contribution in [0.5, 0.6) is 5.75 Å². The fourth-order valence-electron chi connectivity index (χ4n) is 3.14. The van der Waals surface area contributed by atoms with Gasteiger partial charge in [-0.25, -0.2) is 0 Å². The van der Waals surface area contributed by atoms with Gasteiger partial charge < -0.3 is 4.90 Å². The second-order valence-corrected chi connectivity index (χ2v) is 14.0. The van der Waals surface area contributed by atoms with Crippen LogP contribution in [-0.4, -0.2) is 10.7 Å². The first-order chi connectivity index (χ1) is 14.8. The Labute approximate surface area is 205 Å². The molecule has 0 amide bonds. The minimum absolute atomic E-state index is 0.163. The number of hydrogen-bond acceptors (Lipinski definition) is 3. The van der Waals surface area contributed by atoms with E-state index in [4.69, 9.17) is 24.1 Å². The molecule has 0 fully saturated rings. The normalized spacial score (nSPS) is 13.8. The van der Waals surface area contributed by atoms with E-state index in [0.29, 0.717) is 0 Å². The SMILES string of the molecule is CC(C)Oc1ccccc1[CH]=[Ru]([Cl])[Cl].CCc1cccc(CC)c1N1[C]SC(C)=C1C. The number of nitrogens with zero attached hydrogens (tertiary/aromatic N) is 1. The van der Waals surface area contributed by atoms with Crippen molar-refractivity contribution in [1.29, 1.82) is 0 Å². The van der Waals surface area contributed by atoms with Gasteiger partial charge in [-0.15, -0.1) is 0 Å². The smallest absolute Gasteiger partial charge is 0.168 e. The van der Waals surface area contributed by atoms with Gasteiger partial charge >= 0.3 is 97.8 Å². The van der Waals surface area contributed by atoms with E-state index in [1.807, 2.05) is 42.7 Å². The number of benzene rings is 2. The maximum absolute atomic E-state index is 5.82. The maximum atomic E-state index is 5.82. The van der Waals surface area contributed by atoms with E-state index in [1.165, 1.54) is 27.4 Å². The summed E-state index contributed by atoms with van der Waals surface area (Å²) >= 11 is -0.0680. The zero-order valence-electron chi connectivity index (χ0n) is 19.0. The minimum atomic E-state index is -1.77. The molecule has 2 nitrogen and oxygen atoms in total. The third kappa shape index (κ3) is 7.63. The van der Waals surface area contributed by atoms with E-state index in [0.717, 1.165) is 24.2 Å². The third-order valence-corrected chi connectivity index (χ3v) is 7.50. The van der Waals surface area contributed by atoms with Gasteiger partial charge in [0.1, 0.15) is 0 Å². The van der Waals surface area contributed by atoms with Gasteiger partial charge in [-0.1, -0.05) is 43.8 Å². The second-order valence-electron chi connectivity index (χ2n) is 7.31. The Morgan fingerprint density at radius 2 is 1.65 bits per heavy atom. The van der Waals surface area contributed by atoms with Crippen molar-refractivity contribution < 1.29 is 18.3 Å². The Morgan fingerprint density at radius 1 is 1.03 bits per heavy atom. The van der Waals surface area contributed by atoms with Gasteiger partial charge in [0.15, 0.2) is 5.88 Å². The molecule has 0 unspecified atom stereocenters. The van der Waals surface area contributed by atoms with Gasteiger partial charge in [0.2, 0.25) is 0 Å². The molecular weight excluding hydrogens is 534 g/mol. The second kappa shape index (κ2) is 13.0. The molecule has 0 atom stereocenters. The van der Waals surface area contributed by atoms with Crippen molar-refractivity contribution in [1.82, 2.24) is 0 Å². The molecule has 3 rings (SSSR count). The van der Waals surface area contributed by atoms with Crippen molar-refractivity contribution in [3.8, 4) is 5.75 Å². The molecule has 0 bridgehead atoms. The quantitative estimate of drug-likeness (QED) is 0.328. The number of hydrogen-bond donors (Lipinski definition) is 0. The predicted octanol–water partition coefficient (Wildman–Crippen LogP) is 8.16. The van der Waals surface area contributed by atoms with Crippen LogP contribution in [0.15, 0.2) is 53.1 Å². The molecular formula is C25H31Cl2NORuS. The zero-order valence-corrected chi connectivity index (χ0v) is 23.1. The summed E-state index contributed by atoms with van der Waals surface area (Å²) in [6.07, 6.45) is 2.30. The van der Waals surface area contributed by atoms with Crippen molar-refractivity contribution >= 4 is 41.4 Å². The Morgan fingerprint density at radius 3 is 2.13 bits per heavy atom. The molecule has 170 valence electrons. The molecule has 0 aliphatic carbocycles. The van der Waals surface area contributed by atoms with Gasteiger partial charge in [0.05, 0.1) is 0 Å². The molecule has 0 spiro atoms. The molecule has 0 saturated heterocycles. The summed E-state index contributed by atoms with van der Waals surface area (Å²) in [5, 5.41) is 0. The number of halogens is 2. The van der Waals surface area contributed by atoms with Crippen molar-refractivity contribution in [3.63, 3.8) is 0 Å². The molecule has 1 aliphatic heterocycles. The number of allylic oxidation sites excluding steroid dienone is 2. The summed E-state index contributed by atoms with van der Waals surface area (Å²) in [5.41, 5.74) is 6.47. The van der Waals surface area contributed by atoms with Crippen LogP contribution in [0.3, 0.4) is 0 Å². The van der Waals surface area contributed by atoms with Crippen LogP contribution in [0.4, 0.5) is 5.69 Å². The Kier molecular flexibility index (Phi) is 11.1. The first-order valence-electron chi connectivity index (χ1n) is 10.4. The van der Waals surface area contributed by atoms with E-state index in [1.54, 1.807) is 11.8 Å². The first-order valence-corrected chi connectivity index (χ1v) is 16.7. The van der Waals surface area contributed by atoms with Crippen LogP contribution in [0.1, 0.15) is 58.2 Å². The Balaban J connectivity index is 0.000000225. The fraction of sp³-hybridized carbons (Fsp3) is 0.360. The standard InChI is InChI=1S/C15H19NS.C10H12O.2ClH.Ru/c1-5-13-8-7-9-14(6-2)15(13)16-10-17-12(4)11(16)3;1-8(2)11-10-7-5-4-6-9(10)3;;;/h7-9H,5-6H2,1-4H3;3-8H,1-2H3;2*1H;/q;;;;+2/p-2. The van der Waals surface area contributed by atoms with E-state index < -0.39 is 13.5 Å². The van der Waals surface area contributed by atoms with Crippen LogP contribution in [-0.2, 0) is 26.4 Å². The number of rotatable bonds is 6. The van der Waals surface area contributed by atoms with Crippen LogP contribution in [0, 0.1) is 5.88 Å². The summed E-state index contributed by atoms with van der Waals surface area (Å²) in [6, 6.07) is 14.4. The maximum Gasteiger partial charge on any atom is 0.168 e. The van der Waals surface area contributed by atoms with E-state index in [9.17, 15) is 0 Å². The zero-order chi connectivity index (χ0) is 23.0. The van der Waals surface area contributed by atoms with Crippen LogP contribution in [0.25, 0.3) is 0 Å². The van der Waals surface area contributed by atoms with Crippen molar-refractivity contribution in [3.05, 3.63) is 75.6 Å². The molecule has 2 aromatic rings. The minimum Gasteiger partial charge on any atom is -0.322 e. The summed E-state index contributed by atoms with van der Waals surface area (Å²) in [7, 11) is 11.6. The third-order valence-electron chi connectivity index (χ3n) is 4.79. The molecule has 0 aromatic heterocycles. The van der Waals surface area contributed by atoms with Crippen LogP contribution in [0.2, 0.25) is 0 Å². The number of thioether (sulfide) groups is 1. The molecule has 1 heterocycles. The van der Waals surface area contributed by atoms with Crippen molar-refractivity contribution in [2.45, 2.75) is 60.5 Å². The van der Waals surface area contributed by atoms with Gasteiger partial charge in [-0.3, -0.25) is 0 Å². The van der Waals surface area contributed by atoms with Gasteiger partial charge in [0, 0.05) is 16.3 Å². The average molecular weight is 566 g/mol. The summed E-state index contributed by atoms with van der Waals surface area (Å²) in [5.74, 6) is 4.25. The number of para-hydroxylation sites is 2. The molecule has 0 saturated carbocycles. The van der Waals surface area contributed by atoms with E-state index >= 15 is 0 Å². The number of ether oxygens (including phenoxy) is 1. The van der Waals surface area contributed by atoms with Crippen LogP contribution >= 0.6 is 31.1 Å². The van der Waals surface area contributed by atoms with Crippen molar-refractivity contribution in [2.75, 3.05) is 4.90 Å². The van der Waals surface area contributed by atoms with Crippen LogP contribution < -0.4 is 9.64 Å². The molecule has 1 aliphatic rings. The summed E-state index contributed by atoms with van der Waals surface area (Å²) < 4.78 is 7.51. The summed E-state index contributed by atoms with van der Waals surface area (Å²) in [4.78, 5) is 3.58. The fourth-order valence-corrected chi connectivity index (χ4v) is 5.64. The molecule has 2 aromatic carbocycles. The molecule has 0 N–H and O–H groups in total. The Bertz CT molecular complexity index is 917. The monoisotopic (exact) mass is 565 g/mol. The van der Waals surface area contributed by atoms with Gasteiger partial charge in [-0.05, 0) is 37.8 Å². The van der Waals surface area contributed by atoms with E-state index in [2.05, 4.69) is 56.7 Å². The summed E-state index contributed by atoms with van der Waals surface area (Å²) in [6.45, 7) is 12.8. The average Bonchev–Trinajstić information content (AvgIpc) is 3.06. The van der Waals surface area contributed by atoms with Gasteiger partial charge in [-0.2, -0.15) is 0 Å². The first kappa shape index (κ1) is 26.5. The molecule has 2 radical (unpaired) electrons. The Hall–Kier alpha value is -0.797. The number of aryl methyl sites for hydroxylation is 2. The largest absolute Gasteiger partial charge is 0.322 e. The molecule has 6 heteroatoms. The topological polar surface area (TPSA) is 12.5 Å². The van der Waals surface area contributed by atoms with Crippen molar-refractivity contribution in [2.24, 2.45) is 0 Å². The van der Waals surface area contributed by atoms with E-state index in [-0.39, 0.29) is 6.10 Å². The van der Waals surface area contributed by atoms with Gasteiger partial charge in [0.25, 0.3) is 0 Å². The predicted molar refractivity (Wildman–Crippen MR) is 136 cm³/mol.